The highest BCUT2D eigenvalue weighted by Crippen LogP contribution is 2.36. The third kappa shape index (κ3) is 4.88. The quantitative estimate of drug-likeness (QED) is 0.341. The van der Waals surface area contributed by atoms with Crippen LogP contribution in [0.3, 0.4) is 0 Å². The summed E-state index contributed by atoms with van der Waals surface area (Å²) in [5.41, 5.74) is 5.46. The Morgan fingerprint density at radius 1 is 0.972 bits per heavy atom. The molecule has 0 unspecified atom stereocenters. The molecule has 1 aliphatic rings. The number of aromatic nitrogens is 1. The molecule has 0 saturated carbocycles. The van der Waals surface area contributed by atoms with Crippen LogP contribution in [0, 0.1) is 5.82 Å². The van der Waals surface area contributed by atoms with Crippen molar-refractivity contribution in [2.45, 2.75) is 19.7 Å². The Labute approximate surface area is 206 Å². The van der Waals surface area contributed by atoms with Crippen molar-refractivity contribution >= 4 is 17.6 Å². The zero-order valence-electron chi connectivity index (χ0n) is 19.1. The number of halogens is 1. The summed E-state index contributed by atoms with van der Waals surface area (Å²) in [6, 6.07) is 19.0. The molecule has 2 heterocycles. The summed E-state index contributed by atoms with van der Waals surface area (Å²) in [6.07, 6.45) is 3.41. The van der Waals surface area contributed by atoms with Crippen LogP contribution in [0.4, 0.5) is 10.1 Å². The molecule has 180 valence electrons. The maximum Gasteiger partial charge on any atom is 0.338 e. The molecule has 3 aromatic carbocycles. The van der Waals surface area contributed by atoms with Crippen molar-refractivity contribution in [2.24, 2.45) is 0 Å². The van der Waals surface area contributed by atoms with Gasteiger partial charge in [0.15, 0.2) is 0 Å². The van der Waals surface area contributed by atoms with Gasteiger partial charge < -0.3 is 20.5 Å². The fraction of sp³-hybridized carbons (Fsp3) is 0.107. The van der Waals surface area contributed by atoms with Crippen molar-refractivity contribution in [3.05, 3.63) is 113 Å². The normalized spacial score (nSPS) is 11.6. The van der Waals surface area contributed by atoms with Crippen molar-refractivity contribution in [1.82, 2.24) is 10.3 Å². The minimum Gasteiger partial charge on any atom is -0.487 e. The van der Waals surface area contributed by atoms with E-state index in [1.165, 1.54) is 12.1 Å². The number of rotatable bonds is 7. The lowest BCUT2D eigenvalue weighted by atomic mass is 9.96. The van der Waals surface area contributed by atoms with Gasteiger partial charge in [-0.05, 0) is 58.7 Å². The van der Waals surface area contributed by atoms with E-state index in [0.717, 1.165) is 39.6 Å². The number of carboxylic acid groups (broad SMARTS) is 1. The Morgan fingerprint density at radius 3 is 2.64 bits per heavy atom. The number of hydrogen-bond acceptors (Lipinski definition) is 5. The van der Waals surface area contributed by atoms with Crippen molar-refractivity contribution < 1.29 is 23.8 Å². The van der Waals surface area contributed by atoms with Gasteiger partial charge >= 0.3 is 5.97 Å². The Hall–Kier alpha value is -4.72. The molecular formula is C28H22FN3O4. The van der Waals surface area contributed by atoms with Crippen LogP contribution in [0.2, 0.25) is 0 Å². The Morgan fingerprint density at radius 2 is 1.81 bits per heavy atom. The second-order valence-corrected chi connectivity index (χ2v) is 8.39. The van der Waals surface area contributed by atoms with E-state index in [1.807, 2.05) is 42.5 Å². The third-order valence-corrected chi connectivity index (χ3v) is 5.96. The first-order valence-electron chi connectivity index (χ1n) is 11.3. The SMILES string of the molecule is O=C(NCc1cccc(CNc2ccc(F)c(C(=O)O)c2)c1)c1ccc2c(c1)COc1cnccc1-2. The molecule has 8 heteroatoms. The molecule has 0 saturated heterocycles. The van der Waals surface area contributed by atoms with Gasteiger partial charge in [0.25, 0.3) is 5.91 Å². The van der Waals surface area contributed by atoms with Crippen molar-refractivity contribution in [3.63, 3.8) is 0 Å². The molecule has 1 aliphatic heterocycles. The van der Waals surface area contributed by atoms with Crippen molar-refractivity contribution in [1.29, 1.82) is 0 Å². The molecule has 0 spiro atoms. The number of amides is 1. The first-order valence-corrected chi connectivity index (χ1v) is 11.3. The summed E-state index contributed by atoms with van der Waals surface area (Å²) in [4.78, 5) is 28.0. The number of nitrogens with one attached hydrogen (secondary N) is 2. The molecule has 3 N–H and O–H groups in total. The Balaban J connectivity index is 1.21. The number of benzene rings is 3. The molecule has 7 nitrogen and oxygen atoms in total. The van der Waals surface area contributed by atoms with E-state index in [4.69, 9.17) is 9.84 Å². The number of carboxylic acids is 1. The predicted octanol–water partition coefficient (Wildman–Crippen LogP) is 5.02. The van der Waals surface area contributed by atoms with Gasteiger partial charge in [-0.2, -0.15) is 0 Å². The number of nitrogens with zero attached hydrogens (tertiary/aromatic N) is 1. The number of carbonyl (C=O) groups is 2. The molecule has 0 atom stereocenters. The minimum atomic E-state index is -1.32. The minimum absolute atomic E-state index is 0.186. The monoisotopic (exact) mass is 483 g/mol. The van der Waals surface area contributed by atoms with Crippen molar-refractivity contribution in [2.75, 3.05) is 5.32 Å². The van der Waals surface area contributed by atoms with Crippen LogP contribution in [0.15, 0.2) is 79.1 Å². The molecule has 1 amide bonds. The largest absolute Gasteiger partial charge is 0.487 e. The van der Waals surface area contributed by atoms with Crippen LogP contribution >= 0.6 is 0 Å². The highest BCUT2D eigenvalue weighted by atomic mass is 19.1. The molecule has 0 bridgehead atoms. The van der Waals surface area contributed by atoms with Gasteiger partial charge in [0.05, 0.1) is 11.8 Å². The van der Waals surface area contributed by atoms with Crippen LogP contribution < -0.4 is 15.4 Å². The standard InChI is InChI=1S/C28H22FN3O4/c29-25-7-5-21(12-24(25)28(34)35)31-13-17-2-1-3-18(10-17)14-32-27(33)19-4-6-22-20(11-19)16-36-26-15-30-9-8-23(22)26/h1-12,15,31H,13-14,16H2,(H,32,33)(H,34,35). The predicted molar refractivity (Wildman–Crippen MR) is 132 cm³/mol. The summed E-state index contributed by atoms with van der Waals surface area (Å²) in [5, 5.41) is 15.1. The van der Waals surface area contributed by atoms with E-state index < -0.39 is 11.8 Å². The number of carbonyl (C=O) groups excluding carboxylic acids is 1. The molecule has 1 aromatic heterocycles. The van der Waals surface area contributed by atoms with Crippen LogP contribution in [-0.4, -0.2) is 22.0 Å². The van der Waals surface area contributed by atoms with Gasteiger partial charge in [0.2, 0.25) is 0 Å². The number of hydrogen-bond donors (Lipinski definition) is 3. The van der Waals surface area contributed by atoms with Crippen LogP contribution in [-0.2, 0) is 19.7 Å². The number of anilines is 1. The number of ether oxygens (including phenoxy) is 1. The zero-order valence-corrected chi connectivity index (χ0v) is 19.1. The molecule has 5 rings (SSSR count). The lowest BCUT2D eigenvalue weighted by Crippen LogP contribution is -2.23. The van der Waals surface area contributed by atoms with Gasteiger partial charge in [0.1, 0.15) is 18.2 Å². The second-order valence-electron chi connectivity index (χ2n) is 8.39. The lowest BCUT2D eigenvalue weighted by Gasteiger charge is -2.20. The Kier molecular flexibility index (Phi) is 6.32. The summed E-state index contributed by atoms with van der Waals surface area (Å²) in [7, 11) is 0. The summed E-state index contributed by atoms with van der Waals surface area (Å²) < 4.78 is 19.4. The first kappa shape index (κ1) is 23.0. The molecule has 0 fully saturated rings. The molecule has 0 aliphatic carbocycles. The maximum atomic E-state index is 13.6. The summed E-state index contributed by atoms with van der Waals surface area (Å²) in [6.45, 7) is 1.13. The van der Waals surface area contributed by atoms with Gasteiger partial charge in [-0.1, -0.05) is 30.3 Å². The van der Waals surface area contributed by atoms with E-state index in [-0.39, 0.29) is 11.5 Å². The van der Waals surface area contributed by atoms with E-state index in [0.29, 0.717) is 30.9 Å². The van der Waals surface area contributed by atoms with Gasteiger partial charge in [-0.3, -0.25) is 9.78 Å². The van der Waals surface area contributed by atoms with Crippen LogP contribution in [0.1, 0.15) is 37.4 Å². The first-order chi connectivity index (χ1) is 17.5. The van der Waals surface area contributed by atoms with Gasteiger partial charge in [0, 0.05) is 36.1 Å². The smallest absolute Gasteiger partial charge is 0.338 e. The maximum absolute atomic E-state index is 13.6. The van der Waals surface area contributed by atoms with E-state index >= 15 is 0 Å². The van der Waals surface area contributed by atoms with Gasteiger partial charge in [-0.25, -0.2) is 9.18 Å². The number of aromatic carboxylic acids is 1. The zero-order chi connectivity index (χ0) is 25.1. The fourth-order valence-corrected chi connectivity index (χ4v) is 4.13. The van der Waals surface area contributed by atoms with Gasteiger partial charge in [-0.15, -0.1) is 0 Å². The number of fused-ring (bicyclic) bond motifs is 3. The van der Waals surface area contributed by atoms with Crippen LogP contribution in [0.5, 0.6) is 5.75 Å². The van der Waals surface area contributed by atoms with E-state index in [9.17, 15) is 14.0 Å². The average Bonchev–Trinajstić information content (AvgIpc) is 2.91. The number of pyridine rings is 1. The highest BCUT2D eigenvalue weighted by Gasteiger charge is 2.19. The Bertz CT molecular complexity index is 1470. The topological polar surface area (TPSA) is 101 Å². The average molecular weight is 483 g/mol. The highest BCUT2D eigenvalue weighted by molar-refractivity contribution is 5.95. The summed E-state index contributed by atoms with van der Waals surface area (Å²) >= 11 is 0. The third-order valence-electron chi connectivity index (χ3n) is 5.96. The lowest BCUT2D eigenvalue weighted by molar-refractivity contribution is 0.0691. The van der Waals surface area contributed by atoms with Crippen molar-refractivity contribution in [3.8, 4) is 16.9 Å². The second kappa shape index (κ2) is 9.87. The van der Waals surface area contributed by atoms with Crippen LogP contribution in [0.25, 0.3) is 11.1 Å². The molecular weight excluding hydrogens is 461 g/mol. The molecule has 36 heavy (non-hydrogen) atoms. The molecule has 4 aromatic rings. The molecule has 0 radical (unpaired) electrons. The summed E-state index contributed by atoms with van der Waals surface area (Å²) in [5.74, 6) is -1.55. The van der Waals surface area contributed by atoms with E-state index in [2.05, 4.69) is 15.6 Å². The fourth-order valence-electron chi connectivity index (χ4n) is 4.13. The van der Waals surface area contributed by atoms with E-state index in [1.54, 1.807) is 18.5 Å².